The Balaban J connectivity index is 1.87. The van der Waals surface area contributed by atoms with Gasteiger partial charge in [-0.1, -0.05) is 25.1 Å². The van der Waals surface area contributed by atoms with Gasteiger partial charge in [0.05, 0.1) is 5.56 Å². The van der Waals surface area contributed by atoms with Gasteiger partial charge in [0.15, 0.2) is 0 Å². The summed E-state index contributed by atoms with van der Waals surface area (Å²) >= 11 is 1.65. The maximum absolute atomic E-state index is 12.3. The minimum absolute atomic E-state index is 0.201. The summed E-state index contributed by atoms with van der Waals surface area (Å²) in [5.41, 5.74) is 0.875. The fraction of sp³-hybridized carbons (Fsp3) is 0.357. The first-order valence-electron chi connectivity index (χ1n) is 6.05. The van der Waals surface area contributed by atoms with Gasteiger partial charge in [0.2, 0.25) is 0 Å². The Morgan fingerprint density at radius 1 is 1.41 bits per heavy atom. The van der Waals surface area contributed by atoms with Crippen LogP contribution in [0.15, 0.2) is 29.6 Å². The van der Waals surface area contributed by atoms with E-state index in [1.807, 2.05) is 28.5 Å². The number of amides is 1. The summed E-state index contributed by atoms with van der Waals surface area (Å²) in [5.74, 6) is 0.913. The Bertz CT molecular complexity index is 554. The van der Waals surface area contributed by atoms with Crippen molar-refractivity contribution in [1.82, 2.24) is 4.90 Å². The van der Waals surface area contributed by atoms with E-state index >= 15 is 0 Å². The normalized spacial score (nSPS) is 16.2. The minimum Gasteiger partial charge on any atom is -0.338 e. The summed E-state index contributed by atoms with van der Waals surface area (Å²) in [7, 11) is 0. The molecule has 0 bridgehead atoms. The van der Waals surface area contributed by atoms with Crippen molar-refractivity contribution in [2.45, 2.75) is 13.3 Å². The summed E-state index contributed by atoms with van der Waals surface area (Å²) in [6.07, 6.45) is 1.17. The van der Waals surface area contributed by atoms with Crippen molar-refractivity contribution in [3.8, 4) is 0 Å². The number of nitrogens with zero attached hydrogens (tertiary/aromatic N) is 1. The van der Waals surface area contributed by atoms with Crippen LogP contribution in [-0.4, -0.2) is 23.9 Å². The summed E-state index contributed by atoms with van der Waals surface area (Å²) in [6.45, 7) is 4.05. The van der Waals surface area contributed by atoms with E-state index in [2.05, 4.69) is 13.0 Å². The van der Waals surface area contributed by atoms with Gasteiger partial charge in [-0.15, -0.1) is 11.3 Å². The third-order valence-corrected chi connectivity index (χ3v) is 4.50. The molecule has 2 nitrogen and oxygen atoms in total. The topological polar surface area (TPSA) is 20.3 Å². The SMILES string of the molecule is CCC1CN(C(=O)c2csc3ccccc23)C1. The van der Waals surface area contributed by atoms with E-state index in [1.165, 1.54) is 11.1 Å². The van der Waals surface area contributed by atoms with Crippen LogP contribution in [0.4, 0.5) is 0 Å². The van der Waals surface area contributed by atoms with Crippen molar-refractivity contribution in [2.24, 2.45) is 5.92 Å². The molecule has 2 heterocycles. The molecule has 3 heteroatoms. The highest BCUT2D eigenvalue weighted by Crippen LogP contribution is 2.29. The van der Waals surface area contributed by atoms with Gasteiger partial charge in [0, 0.05) is 28.6 Å². The summed E-state index contributed by atoms with van der Waals surface area (Å²) in [5, 5.41) is 3.09. The molecule has 0 saturated carbocycles. The standard InChI is InChI=1S/C14H15NOS/c1-2-10-7-15(8-10)14(16)12-9-17-13-6-4-3-5-11(12)13/h3-6,9-10H,2,7-8H2,1H3. The first-order valence-corrected chi connectivity index (χ1v) is 6.93. The zero-order valence-electron chi connectivity index (χ0n) is 9.85. The number of likely N-dealkylation sites (tertiary alicyclic amines) is 1. The van der Waals surface area contributed by atoms with Gasteiger partial charge < -0.3 is 4.90 Å². The zero-order chi connectivity index (χ0) is 11.8. The van der Waals surface area contributed by atoms with Crippen molar-refractivity contribution >= 4 is 27.3 Å². The van der Waals surface area contributed by atoms with Crippen molar-refractivity contribution in [3.63, 3.8) is 0 Å². The molecule has 3 rings (SSSR count). The maximum Gasteiger partial charge on any atom is 0.255 e. The molecule has 1 aliphatic rings. The highest BCUT2D eigenvalue weighted by atomic mass is 32.1. The molecule has 1 fully saturated rings. The summed E-state index contributed by atoms with van der Waals surface area (Å²) in [6, 6.07) is 8.12. The van der Waals surface area contributed by atoms with Crippen molar-refractivity contribution in [2.75, 3.05) is 13.1 Å². The van der Waals surface area contributed by atoms with Gasteiger partial charge in [0.1, 0.15) is 0 Å². The largest absolute Gasteiger partial charge is 0.338 e. The van der Waals surface area contributed by atoms with E-state index < -0.39 is 0 Å². The lowest BCUT2D eigenvalue weighted by molar-refractivity contribution is 0.0497. The fourth-order valence-electron chi connectivity index (χ4n) is 2.31. The molecule has 0 unspecified atom stereocenters. The molecule has 1 amide bonds. The van der Waals surface area contributed by atoms with Crippen LogP contribution in [-0.2, 0) is 0 Å². The smallest absolute Gasteiger partial charge is 0.255 e. The molecular weight excluding hydrogens is 230 g/mol. The molecule has 17 heavy (non-hydrogen) atoms. The molecule has 0 aliphatic carbocycles. The van der Waals surface area contributed by atoms with Crippen LogP contribution in [0, 0.1) is 5.92 Å². The Labute approximate surface area is 105 Å². The Hall–Kier alpha value is -1.35. The highest BCUT2D eigenvalue weighted by Gasteiger charge is 2.30. The lowest BCUT2D eigenvalue weighted by atomic mass is 9.96. The lowest BCUT2D eigenvalue weighted by Crippen LogP contribution is -2.49. The van der Waals surface area contributed by atoms with E-state index in [9.17, 15) is 4.79 Å². The fourth-order valence-corrected chi connectivity index (χ4v) is 3.24. The van der Waals surface area contributed by atoms with Crippen LogP contribution in [0.5, 0.6) is 0 Å². The van der Waals surface area contributed by atoms with Crippen LogP contribution in [0.25, 0.3) is 10.1 Å². The monoisotopic (exact) mass is 245 g/mol. The van der Waals surface area contributed by atoms with Gasteiger partial charge in [-0.05, 0) is 18.4 Å². The number of rotatable bonds is 2. The van der Waals surface area contributed by atoms with E-state index in [4.69, 9.17) is 0 Å². The second-order valence-electron chi connectivity index (χ2n) is 4.63. The zero-order valence-corrected chi connectivity index (χ0v) is 10.7. The van der Waals surface area contributed by atoms with Crippen LogP contribution in [0.1, 0.15) is 23.7 Å². The van der Waals surface area contributed by atoms with E-state index in [0.717, 1.165) is 24.0 Å². The molecule has 1 saturated heterocycles. The second-order valence-corrected chi connectivity index (χ2v) is 5.54. The van der Waals surface area contributed by atoms with Crippen LogP contribution in [0.2, 0.25) is 0 Å². The summed E-state index contributed by atoms with van der Waals surface area (Å²) in [4.78, 5) is 14.3. The van der Waals surface area contributed by atoms with Crippen molar-refractivity contribution in [3.05, 3.63) is 35.2 Å². The number of thiophene rings is 1. The number of fused-ring (bicyclic) bond motifs is 1. The van der Waals surface area contributed by atoms with Gasteiger partial charge in [-0.3, -0.25) is 4.79 Å². The maximum atomic E-state index is 12.3. The lowest BCUT2D eigenvalue weighted by Gasteiger charge is -2.38. The average molecular weight is 245 g/mol. The van der Waals surface area contributed by atoms with Crippen LogP contribution >= 0.6 is 11.3 Å². The van der Waals surface area contributed by atoms with Gasteiger partial charge >= 0.3 is 0 Å². The predicted octanol–water partition coefficient (Wildman–Crippen LogP) is 3.38. The average Bonchev–Trinajstić information content (AvgIpc) is 2.71. The first-order chi connectivity index (χ1) is 8.29. The molecule has 0 spiro atoms. The number of carbonyl (C=O) groups is 1. The predicted molar refractivity (Wildman–Crippen MR) is 71.5 cm³/mol. The molecule has 2 aromatic rings. The van der Waals surface area contributed by atoms with Crippen LogP contribution < -0.4 is 0 Å². The Morgan fingerprint density at radius 2 is 2.18 bits per heavy atom. The van der Waals surface area contributed by atoms with Crippen LogP contribution in [0.3, 0.4) is 0 Å². The number of hydrogen-bond donors (Lipinski definition) is 0. The van der Waals surface area contributed by atoms with Crippen molar-refractivity contribution in [1.29, 1.82) is 0 Å². The molecular formula is C14H15NOS. The molecule has 1 aromatic heterocycles. The molecule has 1 aromatic carbocycles. The van der Waals surface area contributed by atoms with Gasteiger partial charge in [-0.2, -0.15) is 0 Å². The highest BCUT2D eigenvalue weighted by molar-refractivity contribution is 7.17. The molecule has 0 radical (unpaired) electrons. The number of benzene rings is 1. The minimum atomic E-state index is 0.201. The molecule has 88 valence electrons. The Kier molecular flexibility index (Phi) is 2.63. The second kappa shape index (κ2) is 4.15. The van der Waals surface area contributed by atoms with Gasteiger partial charge in [0.25, 0.3) is 5.91 Å². The molecule has 0 N–H and O–H groups in total. The quantitative estimate of drug-likeness (QED) is 0.794. The molecule has 1 aliphatic heterocycles. The number of hydrogen-bond acceptors (Lipinski definition) is 2. The third kappa shape index (κ3) is 1.75. The van der Waals surface area contributed by atoms with E-state index in [1.54, 1.807) is 11.3 Å². The van der Waals surface area contributed by atoms with E-state index in [-0.39, 0.29) is 5.91 Å². The molecule has 0 atom stereocenters. The van der Waals surface area contributed by atoms with Crippen molar-refractivity contribution < 1.29 is 4.79 Å². The Morgan fingerprint density at radius 3 is 2.94 bits per heavy atom. The third-order valence-electron chi connectivity index (χ3n) is 3.53. The summed E-state index contributed by atoms with van der Waals surface area (Å²) < 4.78 is 1.20. The van der Waals surface area contributed by atoms with E-state index in [0.29, 0.717) is 5.92 Å². The number of carbonyl (C=O) groups excluding carboxylic acids is 1. The van der Waals surface area contributed by atoms with Gasteiger partial charge in [-0.25, -0.2) is 0 Å². The first kappa shape index (κ1) is 10.8.